The minimum atomic E-state index is -0.507. The number of rotatable bonds is 0. The third-order valence-electron chi connectivity index (χ3n) is 5.19. The van der Waals surface area contributed by atoms with Gasteiger partial charge in [0.25, 0.3) is 0 Å². The molecule has 0 aliphatic carbocycles. The van der Waals surface area contributed by atoms with Gasteiger partial charge in [0.2, 0.25) is 12.7 Å². The summed E-state index contributed by atoms with van der Waals surface area (Å²) in [6, 6.07) is 16.3. The van der Waals surface area contributed by atoms with Gasteiger partial charge in [-0.25, -0.2) is 18.3 Å². The molecule has 0 radical (unpaired) electrons. The summed E-state index contributed by atoms with van der Waals surface area (Å²) >= 11 is 0. The fraction of sp³-hybridized carbons (Fsp3) is 0.300. The van der Waals surface area contributed by atoms with Crippen LogP contribution in [-0.2, 0) is 26.2 Å². The molecule has 1 aliphatic heterocycles. The molecule has 0 saturated carbocycles. The average molecular weight is 350 g/mol. The normalized spacial score (nSPS) is 20.8. The number of fused-ring (bicyclic) bond motifs is 10. The van der Waals surface area contributed by atoms with Crippen molar-refractivity contribution >= 4 is 22.1 Å². The lowest BCUT2D eigenvalue weighted by molar-refractivity contribution is -0.714. The van der Waals surface area contributed by atoms with Crippen LogP contribution in [0.1, 0.15) is 0 Å². The lowest BCUT2D eigenvalue weighted by Gasteiger charge is -2.08. The van der Waals surface area contributed by atoms with Gasteiger partial charge in [-0.1, -0.05) is 24.3 Å². The van der Waals surface area contributed by atoms with Crippen LogP contribution in [0.2, 0.25) is 0 Å². The van der Waals surface area contributed by atoms with E-state index in [-0.39, 0.29) is 0 Å². The summed E-state index contributed by atoms with van der Waals surface area (Å²) in [5, 5.41) is 21.5. The van der Waals surface area contributed by atoms with Crippen molar-refractivity contribution in [3.05, 3.63) is 61.2 Å². The Bertz CT molecular complexity index is 930. The van der Waals surface area contributed by atoms with Crippen LogP contribution in [0.4, 0.5) is 0 Å². The molecule has 0 fully saturated rings. The van der Waals surface area contributed by atoms with E-state index in [0.717, 1.165) is 22.1 Å². The van der Waals surface area contributed by atoms with Crippen LogP contribution in [-0.4, -0.2) is 31.6 Å². The maximum Gasteiger partial charge on any atom is 0.244 e. The summed E-state index contributed by atoms with van der Waals surface area (Å²) < 4.78 is 8.31. The second-order valence-electron chi connectivity index (χ2n) is 7.13. The minimum Gasteiger partial charge on any atom is -0.385 e. The molecule has 0 atom stereocenters. The van der Waals surface area contributed by atoms with Crippen molar-refractivity contribution in [3.8, 4) is 0 Å². The maximum absolute atomic E-state index is 10.7. The molecule has 2 aromatic carbocycles. The van der Waals surface area contributed by atoms with E-state index in [1.807, 2.05) is 36.9 Å². The number of hydrogen-bond acceptors (Lipinski definition) is 2. The van der Waals surface area contributed by atoms with Crippen LogP contribution in [0.15, 0.2) is 61.2 Å². The highest BCUT2D eigenvalue weighted by atomic mass is 16.3. The molecule has 2 aromatic heterocycles. The maximum atomic E-state index is 10.7. The Hall–Kier alpha value is -2.70. The molecule has 0 amide bonds. The van der Waals surface area contributed by atoms with Gasteiger partial charge in [-0.15, -0.1) is 0 Å². The van der Waals surface area contributed by atoms with Gasteiger partial charge in [-0.2, -0.15) is 0 Å². The topological polar surface area (TPSA) is 58.1 Å². The summed E-state index contributed by atoms with van der Waals surface area (Å²) in [7, 11) is 0. The number of aliphatic hydroxyl groups is 2. The van der Waals surface area contributed by atoms with Gasteiger partial charge in [0.05, 0.1) is 0 Å². The van der Waals surface area contributed by atoms with E-state index < -0.39 is 12.2 Å². The highest BCUT2D eigenvalue weighted by molar-refractivity contribution is 5.72. The van der Waals surface area contributed by atoms with Crippen LogP contribution in [0.5, 0.6) is 0 Å². The Morgan fingerprint density at radius 2 is 1.15 bits per heavy atom. The van der Waals surface area contributed by atoms with E-state index >= 15 is 0 Å². The van der Waals surface area contributed by atoms with Crippen molar-refractivity contribution in [3.63, 3.8) is 0 Å². The minimum absolute atomic E-state index is 0.507. The van der Waals surface area contributed by atoms with Gasteiger partial charge in [-0.3, -0.25) is 0 Å². The van der Waals surface area contributed by atoms with Crippen molar-refractivity contribution in [2.75, 3.05) is 0 Å². The number of benzene rings is 2. The Morgan fingerprint density at radius 1 is 0.692 bits per heavy atom. The SMILES string of the molecule is OC1Cn2c[n+](c3ccccc32)CC(O)C[n+]2cn(c3ccccc32)C1. The zero-order chi connectivity index (χ0) is 17.7. The molecule has 132 valence electrons. The van der Waals surface area contributed by atoms with E-state index in [1.54, 1.807) is 0 Å². The zero-order valence-electron chi connectivity index (χ0n) is 14.4. The van der Waals surface area contributed by atoms with Gasteiger partial charge < -0.3 is 10.2 Å². The molecule has 4 bridgehead atoms. The number of imidazole rings is 2. The van der Waals surface area contributed by atoms with Crippen molar-refractivity contribution in [2.24, 2.45) is 0 Å². The van der Waals surface area contributed by atoms with Gasteiger partial charge >= 0.3 is 0 Å². The molecule has 4 aromatic rings. The van der Waals surface area contributed by atoms with Gasteiger partial charge in [0.15, 0.2) is 22.1 Å². The second kappa shape index (κ2) is 5.93. The van der Waals surface area contributed by atoms with Gasteiger partial charge in [0, 0.05) is 0 Å². The van der Waals surface area contributed by atoms with Crippen molar-refractivity contribution in [1.29, 1.82) is 0 Å². The predicted octanol–water partition coefficient (Wildman–Crippen LogP) is 0.607. The quantitative estimate of drug-likeness (QED) is 0.457. The van der Waals surface area contributed by atoms with Crippen LogP contribution >= 0.6 is 0 Å². The van der Waals surface area contributed by atoms with Crippen molar-refractivity contribution in [2.45, 2.75) is 38.4 Å². The Kier molecular flexibility index (Phi) is 3.55. The molecule has 0 spiro atoms. The first-order chi connectivity index (χ1) is 12.7. The van der Waals surface area contributed by atoms with E-state index in [4.69, 9.17) is 0 Å². The largest absolute Gasteiger partial charge is 0.385 e. The first-order valence-corrected chi connectivity index (χ1v) is 9.00. The Balaban J connectivity index is 1.65. The standard InChI is InChI=1S/C20H22N4O2/c25-15-9-21-13-22(18-6-2-1-5-17(18)21)10-16(26)12-24-14-23(11-15)19-7-3-4-8-20(19)24/h1-8,13-16,25-26H,9-12H2/q+2. The Labute approximate surface area is 150 Å². The first kappa shape index (κ1) is 15.5. The van der Waals surface area contributed by atoms with E-state index in [9.17, 15) is 10.2 Å². The van der Waals surface area contributed by atoms with Gasteiger partial charge in [-0.05, 0) is 24.3 Å². The van der Waals surface area contributed by atoms with Gasteiger partial charge in [0.1, 0.15) is 38.4 Å². The lowest BCUT2D eigenvalue weighted by atomic mass is 10.2. The summed E-state index contributed by atoms with van der Waals surface area (Å²) in [5.41, 5.74) is 4.29. The van der Waals surface area contributed by atoms with Crippen LogP contribution in [0.25, 0.3) is 22.1 Å². The summed E-state index contributed by atoms with van der Waals surface area (Å²) in [6.45, 7) is 2.04. The number of para-hydroxylation sites is 4. The second-order valence-corrected chi connectivity index (χ2v) is 7.13. The molecule has 6 heteroatoms. The lowest BCUT2D eigenvalue weighted by Crippen LogP contribution is -2.47. The number of aliphatic hydroxyl groups excluding tert-OH is 2. The van der Waals surface area contributed by atoms with Crippen LogP contribution in [0.3, 0.4) is 0 Å². The van der Waals surface area contributed by atoms with Crippen LogP contribution in [0, 0.1) is 0 Å². The average Bonchev–Trinajstić information content (AvgIpc) is 3.14. The summed E-state index contributed by atoms with van der Waals surface area (Å²) in [6.07, 6.45) is 2.99. The number of aromatic nitrogens is 4. The third-order valence-corrected chi connectivity index (χ3v) is 5.19. The molecule has 0 saturated heterocycles. The summed E-state index contributed by atoms with van der Waals surface area (Å²) in [5.74, 6) is 0. The monoisotopic (exact) mass is 350 g/mol. The Morgan fingerprint density at radius 3 is 1.65 bits per heavy atom. The third kappa shape index (κ3) is 2.50. The molecule has 1 aliphatic rings. The number of nitrogens with zero attached hydrogens (tertiary/aromatic N) is 4. The number of hydrogen-bond donors (Lipinski definition) is 2. The predicted molar refractivity (Wildman–Crippen MR) is 96.3 cm³/mol. The van der Waals surface area contributed by atoms with Crippen molar-refractivity contribution < 1.29 is 19.3 Å². The fourth-order valence-corrected chi connectivity index (χ4v) is 4.09. The molecule has 26 heavy (non-hydrogen) atoms. The molecule has 3 heterocycles. The zero-order valence-corrected chi connectivity index (χ0v) is 14.4. The van der Waals surface area contributed by atoms with Crippen molar-refractivity contribution in [1.82, 2.24) is 9.13 Å². The molecule has 6 nitrogen and oxygen atoms in total. The molecular formula is C20H22N4O2+2. The van der Waals surface area contributed by atoms with E-state index in [0.29, 0.717) is 26.2 Å². The van der Waals surface area contributed by atoms with E-state index in [2.05, 4.69) is 42.5 Å². The molecular weight excluding hydrogens is 328 g/mol. The fourth-order valence-electron chi connectivity index (χ4n) is 4.09. The highest BCUT2D eigenvalue weighted by Gasteiger charge is 2.26. The van der Waals surface area contributed by atoms with E-state index in [1.165, 1.54) is 0 Å². The first-order valence-electron chi connectivity index (χ1n) is 9.00. The van der Waals surface area contributed by atoms with Crippen LogP contribution < -0.4 is 9.13 Å². The highest BCUT2D eigenvalue weighted by Crippen LogP contribution is 2.15. The smallest absolute Gasteiger partial charge is 0.244 e. The molecule has 5 rings (SSSR count). The summed E-state index contributed by atoms with van der Waals surface area (Å²) in [4.78, 5) is 0. The molecule has 0 unspecified atom stereocenters. The molecule has 2 N–H and O–H groups in total.